The molecule has 2 amide bonds. The lowest BCUT2D eigenvalue weighted by atomic mass is 10.1. The molecule has 2 heterocycles. The minimum Gasteiger partial charge on any atom is -0.337 e. The third-order valence-corrected chi connectivity index (χ3v) is 4.49. The third-order valence-electron chi connectivity index (χ3n) is 4.17. The van der Waals surface area contributed by atoms with Gasteiger partial charge in [-0.15, -0.1) is 0 Å². The van der Waals surface area contributed by atoms with Crippen LogP contribution in [0.15, 0.2) is 42.7 Å². The number of nitrogens with zero attached hydrogens (tertiary/aromatic N) is 3. The lowest BCUT2D eigenvalue weighted by Gasteiger charge is -2.22. The van der Waals surface area contributed by atoms with E-state index in [-0.39, 0.29) is 16.5 Å². The molecule has 5 nitrogen and oxygen atoms in total. The van der Waals surface area contributed by atoms with Crippen LogP contribution < -0.4 is 0 Å². The molecular weight excluding hydrogens is 345 g/mol. The van der Waals surface area contributed by atoms with Crippen molar-refractivity contribution in [1.29, 1.82) is 0 Å². The van der Waals surface area contributed by atoms with E-state index in [9.17, 15) is 14.0 Å². The maximum Gasteiger partial charge on any atom is 0.258 e. The number of pyridine rings is 1. The summed E-state index contributed by atoms with van der Waals surface area (Å²) in [7, 11) is 0. The second-order valence-corrected chi connectivity index (χ2v) is 6.18. The monoisotopic (exact) mass is 361 g/mol. The van der Waals surface area contributed by atoms with Gasteiger partial charge >= 0.3 is 0 Å². The molecule has 7 heteroatoms. The lowest BCUT2D eigenvalue weighted by molar-refractivity contribution is 0.0716. The number of hydrogen-bond donors (Lipinski definition) is 0. The number of carbonyl (C=O) groups is 2. The van der Waals surface area contributed by atoms with Crippen LogP contribution in [0, 0.1) is 5.82 Å². The number of carbonyl (C=O) groups excluding carboxylic acids is 2. The standard InChI is InChI=1S/C18H17ClFN3O2/c19-14-3-1-4-15(20)16(14)18(25)23-10-2-9-22(11-12-23)17(24)13-5-7-21-8-6-13/h1,3-8H,2,9-12H2. The van der Waals surface area contributed by atoms with E-state index < -0.39 is 11.7 Å². The molecule has 0 radical (unpaired) electrons. The Kier molecular flexibility index (Phi) is 5.28. The number of rotatable bonds is 2. The van der Waals surface area contributed by atoms with E-state index >= 15 is 0 Å². The van der Waals surface area contributed by atoms with Gasteiger partial charge in [-0.3, -0.25) is 14.6 Å². The first-order chi connectivity index (χ1) is 12.1. The summed E-state index contributed by atoms with van der Waals surface area (Å²) in [5.74, 6) is -1.17. The van der Waals surface area contributed by atoms with Crippen LogP contribution in [0.4, 0.5) is 4.39 Å². The zero-order valence-corrected chi connectivity index (χ0v) is 14.2. The quantitative estimate of drug-likeness (QED) is 0.826. The van der Waals surface area contributed by atoms with E-state index in [2.05, 4.69) is 4.98 Å². The molecular formula is C18H17ClFN3O2. The second kappa shape index (κ2) is 7.61. The predicted molar refractivity (Wildman–Crippen MR) is 92.1 cm³/mol. The molecule has 0 unspecified atom stereocenters. The summed E-state index contributed by atoms with van der Waals surface area (Å²) in [6.45, 7) is 1.71. The molecule has 1 fully saturated rings. The first kappa shape index (κ1) is 17.4. The fraction of sp³-hybridized carbons (Fsp3) is 0.278. The average molecular weight is 362 g/mol. The normalized spacial score (nSPS) is 15.0. The van der Waals surface area contributed by atoms with E-state index in [1.807, 2.05) is 0 Å². The van der Waals surface area contributed by atoms with Gasteiger partial charge in [0.2, 0.25) is 0 Å². The van der Waals surface area contributed by atoms with E-state index in [1.54, 1.807) is 34.3 Å². The topological polar surface area (TPSA) is 53.5 Å². The van der Waals surface area contributed by atoms with Crippen molar-refractivity contribution in [1.82, 2.24) is 14.8 Å². The van der Waals surface area contributed by atoms with Crippen molar-refractivity contribution >= 4 is 23.4 Å². The Morgan fingerprint density at radius 1 is 0.960 bits per heavy atom. The molecule has 0 atom stereocenters. The molecule has 2 aromatic rings. The number of hydrogen-bond acceptors (Lipinski definition) is 3. The number of halogens is 2. The van der Waals surface area contributed by atoms with Gasteiger partial charge in [-0.2, -0.15) is 0 Å². The van der Waals surface area contributed by atoms with Crippen molar-refractivity contribution in [2.75, 3.05) is 26.2 Å². The molecule has 0 N–H and O–H groups in total. The van der Waals surface area contributed by atoms with Gasteiger partial charge in [0, 0.05) is 44.1 Å². The Balaban J connectivity index is 1.71. The Hall–Kier alpha value is -2.47. The van der Waals surface area contributed by atoms with E-state index in [0.717, 1.165) is 0 Å². The summed E-state index contributed by atoms with van der Waals surface area (Å²) in [6, 6.07) is 7.50. The van der Waals surface area contributed by atoms with Gasteiger partial charge in [-0.05, 0) is 30.7 Å². The molecule has 1 aromatic carbocycles. The van der Waals surface area contributed by atoms with Crippen LogP contribution in [0.1, 0.15) is 27.1 Å². The predicted octanol–water partition coefficient (Wildman–Crippen LogP) is 2.86. The van der Waals surface area contributed by atoms with Crippen molar-refractivity contribution in [3.8, 4) is 0 Å². The molecule has 1 aliphatic heterocycles. The highest BCUT2D eigenvalue weighted by Crippen LogP contribution is 2.21. The highest BCUT2D eigenvalue weighted by molar-refractivity contribution is 6.33. The summed E-state index contributed by atoms with van der Waals surface area (Å²) in [5.41, 5.74) is 0.449. The smallest absolute Gasteiger partial charge is 0.258 e. The molecule has 130 valence electrons. The van der Waals surface area contributed by atoms with Crippen molar-refractivity contribution in [2.45, 2.75) is 6.42 Å². The lowest BCUT2D eigenvalue weighted by Crippen LogP contribution is -2.37. The van der Waals surface area contributed by atoms with Gasteiger partial charge in [-0.1, -0.05) is 17.7 Å². The van der Waals surface area contributed by atoms with Gasteiger partial charge in [0.05, 0.1) is 10.6 Å². The molecule has 0 aliphatic carbocycles. The van der Waals surface area contributed by atoms with E-state index in [1.165, 1.54) is 18.2 Å². The first-order valence-electron chi connectivity index (χ1n) is 8.00. The summed E-state index contributed by atoms with van der Waals surface area (Å²) in [5, 5.41) is 0.0963. The Morgan fingerprint density at radius 2 is 1.60 bits per heavy atom. The number of aromatic nitrogens is 1. The van der Waals surface area contributed by atoms with Crippen LogP contribution in [0.2, 0.25) is 5.02 Å². The number of amides is 2. The van der Waals surface area contributed by atoms with Gasteiger partial charge in [-0.25, -0.2) is 4.39 Å². The largest absolute Gasteiger partial charge is 0.337 e. The van der Waals surface area contributed by atoms with Gasteiger partial charge in [0.25, 0.3) is 11.8 Å². The minimum absolute atomic E-state index is 0.0963. The minimum atomic E-state index is -0.633. The molecule has 1 saturated heterocycles. The Bertz CT molecular complexity index is 765. The third kappa shape index (κ3) is 3.79. The molecule has 0 spiro atoms. The summed E-state index contributed by atoms with van der Waals surface area (Å²) in [4.78, 5) is 32.3. The van der Waals surface area contributed by atoms with Crippen molar-refractivity contribution in [3.63, 3.8) is 0 Å². The molecule has 1 aromatic heterocycles. The maximum atomic E-state index is 14.0. The molecule has 0 bridgehead atoms. The van der Waals surface area contributed by atoms with Crippen molar-refractivity contribution < 1.29 is 14.0 Å². The SMILES string of the molecule is O=C(c1ccncc1)N1CCCN(C(=O)c2c(F)cccc2Cl)CC1. The summed E-state index contributed by atoms with van der Waals surface area (Å²) >= 11 is 5.99. The summed E-state index contributed by atoms with van der Waals surface area (Å²) < 4.78 is 14.0. The van der Waals surface area contributed by atoms with E-state index in [0.29, 0.717) is 38.2 Å². The number of benzene rings is 1. The molecule has 0 saturated carbocycles. The zero-order valence-electron chi connectivity index (χ0n) is 13.5. The Morgan fingerprint density at radius 3 is 2.24 bits per heavy atom. The van der Waals surface area contributed by atoms with Crippen LogP contribution in [0.3, 0.4) is 0 Å². The van der Waals surface area contributed by atoms with Crippen molar-refractivity contribution in [3.05, 3.63) is 64.7 Å². The highest BCUT2D eigenvalue weighted by atomic mass is 35.5. The fourth-order valence-corrected chi connectivity index (χ4v) is 3.10. The molecule has 1 aliphatic rings. The van der Waals surface area contributed by atoms with Gasteiger partial charge < -0.3 is 9.80 Å². The molecule has 3 rings (SSSR count). The van der Waals surface area contributed by atoms with Gasteiger partial charge in [0.1, 0.15) is 5.82 Å². The zero-order chi connectivity index (χ0) is 17.8. The van der Waals surface area contributed by atoms with Crippen LogP contribution >= 0.6 is 11.6 Å². The second-order valence-electron chi connectivity index (χ2n) is 5.77. The fourth-order valence-electron chi connectivity index (χ4n) is 2.86. The van der Waals surface area contributed by atoms with Crippen LogP contribution in [-0.2, 0) is 0 Å². The van der Waals surface area contributed by atoms with Gasteiger partial charge in [0.15, 0.2) is 0 Å². The van der Waals surface area contributed by atoms with Crippen LogP contribution in [0.25, 0.3) is 0 Å². The maximum absolute atomic E-state index is 14.0. The van der Waals surface area contributed by atoms with Crippen LogP contribution in [0.5, 0.6) is 0 Å². The van der Waals surface area contributed by atoms with E-state index in [4.69, 9.17) is 11.6 Å². The van der Waals surface area contributed by atoms with Crippen LogP contribution in [-0.4, -0.2) is 52.8 Å². The first-order valence-corrected chi connectivity index (χ1v) is 8.38. The highest BCUT2D eigenvalue weighted by Gasteiger charge is 2.26. The summed E-state index contributed by atoms with van der Waals surface area (Å²) in [6.07, 6.45) is 3.76. The average Bonchev–Trinajstić information content (AvgIpc) is 2.88. The molecule has 25 heavy (non-hydrogen) atoms. The Labute approximate surface area is 150 Å². The van der Waals surface area contributed by atoms with Crippen molar-refractivity contribution in [2.24, 2.45) is 0 Å².